The standard InChI is InChI=1S/H2O2S.4H2O2.2O2.HOP.2H2O/c1-2-3;7*1-2;;/h1,3H;4*1-2H;;;2H;2*1H2/i;;;;;;;2D;;/hT. The van der Waals surface area contributed by atoms with E-state index in [1.807, 2.05) is 0 Å². The van der Waals surface area contributed by atoms with E-state index in [9.17, 15) is 0 Å². The Morgan fingerprint density at radius 1 is 0.895 bits per heavy atom. The molecule has 0 heterocycles. The lowest BCUT2D eigenvalue weighted by molar-refractivity contribution is -0.176. The summed E-state index contributed by atoms with van der Waals surface area (Å²) >= 11 is 3.01. The van der Waals surface area contributed by atoms with Gasteiger partial charge in [0.2, 0.25) is 0 Å². The van der Waals surface area contributed by atoms with E-state index >= 15 is 0 Å². The molecule has 0 bridgehead atoms. The molecule has 0 saturated heterocycles. The fourth-order valence-corrected chi connectivity index (χ4v) is 0. The molecule has 0 aliphatic heterocycles. The molecule has 19 heavy (non-hydrogen) atoms. The zero-order valence-electron chi connectivity index (χ0n) is 10.3. The highest BCUT2D eigenvalue weighted by Gasteiger charge is 1.28. The Labute approximate surface area is 113 Å². The lowest BCUT2D eigenvalue weighted by Gasteiger charge is -1.56. The minimum absolute atomic E-state index is 0. The molecule has 0 amide bonds. The van der Waals surface area contributed by atoms with Gasteiger partial charge in [-0.3, -0.25) is 46.6 Å². The van der Waals surface area contributed by atoms with Gasteiger partial charge in [0.05, 0.1) is 0 Å². The summed E-state index contributed by atoms with van der Waals surface area (Å²) in [5.41, 5.74) is 0. The first kappa shape index (κ1) is 51.8. The van der Waals surface area contributed by atoms with Crippen molar-refractivity contribution in [1.82, 2.24) is 0 Å². The second kappa shape index (κ2) is 155000. The summed E-state index contributed by atoms with van der Waals surface area (Å²) in [6.45, 7) is 0. The molecule has 0 aliphatic rings. The van der Waals surface area contributed by atoms with E-state index < -0.39 is 9.06 Å². The number of hydrogen-bond acceptors (Lipinski definition) is 16. The van der Waals surface area contributed by atoms with Gasteiger partial charge in [0.25, 0.3) is 1.43 Å². The van der Waals surface area contributed by atoms with Crippen molar-refractivity contribution in [2.24, 2.45) is 0 Å². The molecule has 13 N–H and O–H groups in total. The van der Waals surface area contributed by atoms with Crippen LogP contribution in [0.2, 0.25) is 0 Å². The summed E-state index contributed by atoms with van der Waals surface area (Å²) in [7, 11) is -0.583. The molecule has 0 aromatic rings. The van der Waals surface area contributed by atoms with Gasteiger partial charge >= 0.3 is 0 Å². The van der Waals surface area contributed by atoms with Gasteiger partial charge in [-0.2, -0.15) is 4.33 Å². The minimum Gasteiger partial charge on any atom is -0.412 e. The zero-order chi connectivity index (χ0) is 18.1. The quantitative estimate of drug-likeness (QED) is 0.0919. The maximum absolute atomic E-state index is 8.57. The van der Waals surface area contributed by atoms with E-state index in [-0.39, 0.29) is 11.0 Å². The maximum Gasteiger partial charge on any atom is 0.256 e. The zero-order valence-corrected chi connectivity index (χ0v) is 10.1. The van der Waals surface area contributed by atoms with Crippen LogP contribution in [0.4, 0.5) is 0 Å². The van der Waals surface area contributed by atoms with Gasteiger partial charge in [0.15, 0.2) is 0 Å². The topological polar surface area (TPSA) is 340 Å². The summed E-state index contributed by atoms with van der Waals surface area (Å²) in [6, 6.07) is 0. The van der Waals surface area contributed by atoms with Gasteiger partial charge in [-0.05, 0) is 0 Å². The first-order chi connectivity index (χ1) is 9.33. The Morgan fingerprint density at radius 3 is 0.947 bits per heavy atom. The third kappa shape index (κ3) is 5740. The lowest BCUT2D eigenvalue weighted by Crippen LogP contribution is -1.43. The highest BCUT2D eigenvalue weighted by atomic mass is 32.1. The Morgan fingerprint density at radius 2 is 0.947 bits per heavy atom. The molecule has 0 aliphatic carbocycles. The van der Waals surface area contributed by atoms with Gasteiger partial charge < -0.3 is 11.0 Å². The van der Waals surface area contributed by atoms with Crippen molar-refractivity contribution in [2.45, 2.75) is 0 Å². The molecule has 0 spiro atoms. The van der Waals surface area contributed by atoms with Crippen molar-refractivity contribution in [3.63, 3.8) is 0 Å². The van der Waals surface area contributed by atoms with E-state index in [1.54, 1.807) is 0 Å². The van der Waals surface area contributed by atoms with Crippen LogP contribution in [0.15, 0.2) is 0 Å². The molecule has 17 nitrogen and oxygen atoms in total. The highest BCUT2D eigenvalue weighted by molar-refractivity contribution is 7.74. The number of hydrogen-bond donors (Lipinski definition) is 10. The molecule has 0 aromatic carbocycles. The van der Waals surface area contributed by atoms with Crippen molar-refractivity contribution in [1.29, 1.82) is 2.71 Å². The van der Waals surface area contributed by atoms with Gasteiger partial charge in [-0.1, -0.05) is 0 Å². The van der Waals surface area contributed by atoms with Crippen molar-refractivity contribution in [3.05, 3.63) is 19.9 Å². The first-order valence-corrected chi connectivity index (χ1v) is 2.40. The summed E-state index contributed by atoms with van der Waals surface area (Å²) in [6.07, 6.45) is 0. The largest absolute Gasteiger partial charge is 0.412 e. The molecular formula is H15O17PS. The number of rotatable bonds is 1. The second-order valence-corrected chi connectivity index (χ2v) is 0.224. The normalized spacial score (nSPS) is 4.47. The molecule has 0 fully saturated rings. The van der Waals surface area contributed by atoms with E-state index in [2.05, 4.69) is 22.5 Å². The fourth-order valence-electron chi connectivity index (χ4n) is 0. The van der Waals surface area contributed by atoms with E-state index in [4.69, 9.17) is 69.2 Å². The molecule has 0 aromatic heterocycles. The van der Waals surface area contributed by atoms with Gasteiger partial charge in [0, 0.05) is 32.8 Å². The van der Waals surface area contributed by atoms with Crippen LogP contribution in [-0.4, -0.2) is 59.5 Å². The van der Waals surface area contributed by atoms with Gasteiger partial charge in [0.1, 0.15) is 10.3 Å². The molecule has 19 heteroatoms. The Balaban J connectivity index is -0.00000000830. The highest BCUT2D eigenvalue weighted by Crippen LogP contribution is 1.56. The molecule has 0 rings (SSSR count). The molecular weight excluding hydrogens is 335 g/mol. The average Bonchev–Trinajstić information content (AvgIpc) is 2.59. The second-order valence-electron chi connectivity index (χ2n) is 0.0745. The van der Waals surface area contributed by atoms with Crippen LogP contribution in [0.25, 0.3) is 1.43 Å². The van der Waals surface area contributed by atoms with Crippen LogP contribution in [0, 0.1) is 19.9 Å². The van der Waals surface area contributed by atoms with Crippen LogP contribution >= 0.6 is 22.0 Å². The van der Waals surface area contributed by atoms with Crippen LogP contribution in [0.5, 0.6) is 0 Å². The summed E-state index contributed by atoms with van der Waals surface area (Å²) in [5.74, 6) is 0. The van der Waals surface area contributed by atoms with E-state index in [0.29, 0.717) is 0 Å². The summed E-state index contributed by atoms with van der Waals surface area (Å²) in [5, 5.41) is 51.2. The molecule has 0 unspecified atom stereocenters. The average molecular weight is 353 g/mol. The number of thiol groups is 1. The Bertz CT molecular complexity index is 54.1. The first-order valence-electron chi connectivity index (χ1n) is 2.52. The van der Waals surface area contributed by atoms with Gasteiger partial charge in [-0.15, -0.1) is 0 Å². The Hall–Kier alpha value is -0.830. The van der Waals surface area contributed by atoms with Crippen molar-refractivity contribution < 1.29 is 67.2 Å². The maximum atomic E-state index is 8.57. The fraction of sp³-hybridized carbons (Fsp3) is 0. The molecule has 0 atom stereocenters. The predicted octanol–water partition coefficient (Wildman–Crippen LogP) is -0.650. The van der Waals surface area contributed by atoms with E-state index in [1.165, 1.54) is 0 Å². The summed E-state index contributed by atoms with van der Waals surface area (Å²) < 4.78 is 23.2. The predicted molar refractivity (Wildman–Crippen MR) is 63.4 cm³/mol. The molecule has 0 radical (unpaired) electrons. The van der Waals surface area contributed by atoms with Crippen LogP contribution in [0.1, 0.15) is 0 Å². The smallest absolute Gasteiger partial charge is 0.256 e. The minimum atomic E-state index is -0.583. The molecule has 0 saturated carbocycles. The SMILES string of the molecule is O.O.O=O.O=O.OO.OO.OO.OO.[2H]P=O.[3H]OOS. The van der Waals surface area contributed by atoms with E-state index in [0.717, 1.165) is 0 Å². The van der Waals surface area contributed by atoms with Crippen LogP contribution in [0.3, 0.4) is 0 Å². The van der Waals surface area contributed by atoms with Gasteiger partial charge in [-0.25, -0.2) is 5.26 Å². The third-order valence-electron chi connectivity index (χ3n) is 0. The Kier molecular flexibility index (Phi) is 423000. The lowest BCUT2D eigenvalue weighted by atomic mass is 15.0. The van der Waals surface area contributed by atoms with Crippen molar-refractivity contribution in [2.75, 3.05) is 0 Å². The van der Waals surface area contributed by atoms with Crippen molar-refractivity contribution >= 4 is 22.0 Å². The third-order valence-corrected chi connectivity index (χ3v) is 0. The summed E-state index contributed by atoms with van der Waals surface area (Å²) in [4.78, 5) is 28.0. The monoisotopic (exact) mass is 353 g/mol. The van der Waals surface area contributed by atoms with Crippen LogP contribution in [-0.2, 0) is 8.90 Å². The van der Waals surface area contributed by atoms with Crippen LogP contribution < -0.4 is 0 Å². The molecule has 128 valence electrons. The van der Waals surface area contributed by atoms with Crippen molar-refractivity contribution in [3.8, 4) is 0 Å².